The van der Waals surface area contributed by atoms with Crippen LogP contribution in [0.5, 0.6) is 0 Å². The number of alkyl halides is 3. The highest BCUT2D eigenvalue weighted by Gasteiger charge is 2.38. The summed E-state index contributed by atoms with van der Waals surface area (Å²) in [7, 11) is 0. The molecule has 0 aliphatic carbocycles. The zero-order chi connectivity index (χ0) is 25.4. The minimum atomic E-state index is -5.08. The molecule has 0 atom stereocenters. The molecule has 0 saturated heterocycles. The van der Waals surface area contributed by atoms with E-state index in [1.54, 1.807) is 0 Å². The van der Waals surface area contributed by atoms with Gasteiger partial charge in [0.05, 0.1) is 17.3 Å². The average molecular weight is 499 g/mol. The van der Waals surface area contributed by atoms with E-state index in [-0.39, 0.29) is 34.5 Å². The Morgan fingerprint density at radius 2 is 1.82 bits per heavy atom. The van der Waals surface area contributed by atoms with Gasteiger partial charge in [0.25, 0.3) is 0 Å². The van der Waals surface area contributed by atoms with Crippen LogP contribution in [0.25, 0.3) is 0 Å². The van der Waals surface area contributed by atoms with Crippen molar-refractivity contribution in [2.75, 3.05) is 0 Å². The van der Waals surface area contributed by atoms with E-state index in [0.717, 1.165) is 6.07 Å². The Kier molecular flexibility index (Phi) is 9.54. The molecule has 0 fully saturated rings. The lowest BCUT2D eigenvalue weighted by atomic mass is 10.1. The number of aliphatic imine (C=N–C) groups is 1. The number of aliphatic carboxylic acids is 1. The molecule has 1 aromatic heterocycles. The lowest BCUT2D eigenvalue weighted by molar-refractivity contribution is -0.192. The van der Waals surface area contributed by atoms with Crippen LogP contribution in [0.2, 0.25) is 5.02 Å². The highest BCUT2D eigenvalue weighted by atomic mass is 35.5. The maximum absolute atomic E-state index is 13.2. The number of carboxylic acid groups (broad SMARTS) is 1. The van der Waals surface area contributed by atoms with E-state index >= 15 is 0 Å². The summed E-state index contributed by atoms with van der Waals surface area (Å²) in [6.45, 7) is 5.49. The molecule has 2 rings (SSSR count). The summed E-state index contributed by atoms with van der Waals surface area (Å²) in [5.74, 6) is -3.46. The van der Waals surface area contributed by atoms with Gasteiger partial charge in [-0.1, -0.05) is 16.8 Å². The average Bonchev–Trinajstić information content (AvgIpc) is 3.14. The first kappa shape index (κ1) is 27.6. The largest absolute Gasteiger partial charge is 0.490 e. The molecule has 2 aromatic rings. The van der Waals surface area contributed by atoms with Crippen molar-refractivity contribution < 1.29 is 42.1 Å². The third kappa shape index (κ3) is 9.69. The smallest absolute Gasteiger partial charge is 0.475 e. The molecule has 0 aliphatic heterocycles. The fraction of sp³-hybridized carbons (Fsp3) is 0.353. The highest BCUT2D eigenvalue weighted by molar-refractivity contribution is 6.31. The molecule has 182 valence electrons. The molecule has 11 nitrogen and oxygen atoms in total. The first-order chi connectivity index (χ1) is 15.1. The van der Waals surface area contributed by atoms with Crippen LogP contribution in [0.15, 0.2) is 27.8 Å². The summed E-state index contributed by atoms with van der Waals surface area (Å²) in [5, 5.41) is 29.0. The van der Waals surface area contributed by atoms with Crippen LogP contribution in [-0.4, -0.2) is 50.2 Å². The SMILES string of the molecule is CC(C)(C)NC(=O)NCc1nonc1C(=Nc1ccc(F)c(Cl)c1)NO.O=C(O)C(F)(F)F. The van der Waals surface area contributed by atoms with E-state index in [2.05, 4.69) is 30.6 Å². The van der Waals surface area contributed by atoms with Gasteiger partial charge in [-0.05, 0) is 44.1 Å². The Labute approximate surface area is 188 Å². The van der Waals surface area contributed by atoms with Crippen LogP contribution >= 0.6 is 11.6 Å². The van der Waals surface area contributed by atoms with Crippen LogP contribution in [0.1, 0.15) is 32.2 Å². The quantitative estimate of drug-likeness (QED) is 0.186. The normalized spacial score (nSPS) is 11.8. The summed E-state index contributed by atoms with van der Waals surface area (Å²) in [5.41, 5.74) is 2.03. The van der Waals surface area contributed by atoms with Crippen LogP contribution in [0, 0.1) is 5.82 Å². The number of hydrogen-bond acceptors (Lipinski definition) is 7. The molecule has 0 bridgehead atoms. The standard InChI is InChI=1S/C15H18ClFN6O3.C2HF3O2/c1-15(2,3)20-14(24)18-7-11-12(23-26-22-11)13(21-25)19-8-4-5-10(17)9(16)6-8;3-2(4,5)1(6)7/h4-6,25H,7H2,1-3H3,(H,19,21)(H2,18,20,24);(H,6,7). The van der Waals surface area contributed by atoms with Gasteiger partial charge in [0, 0.05) is 5.54 Å². The van der Waals surface area contributed by atoms with Crippen molar-refractivity contribution in [3.63, 3.8) is 0 Å². The van der Waals surface area contributed by atoms with Crippen LogP contribution < -0.4 is 16.1 Å². The number of benzene rings is 1. The molecule has 1 aromatic carbocycles. The van der Waals surface area contributed by atoms with E-state index in [9.17, 15) is 27.6 Å². The van der Waals surface area contributed by atoms with Crippen LogP contribution in [0.3, 0.4) is 0 Å². The topological polar surface area (TPSA) is 162 Å². The van der Waals surface area contributed by atoms with Crippen molar-refractivity contribution >= 4 is 35.1 Å². The van der Waals surface area contributed by atoms with Gasteiger partial charge in [-0.3, -0.25) is 10.7 Å². The number of carboxylic acids is 1. The third-order valence-electron chi connectivity index (χ3n) is 3.18. The second-order valence-corrected chi connectivity index (χ2v) is 7.50. The lowest BCUT2D eigenvalue weighted by Crippen LogP contribution is -2.46. The van der Waals surface area contributed by atoms with E-state index in [4.69, 9.17) is 21.5 Å². The van der Waals surface area contributed by atoms with Crippen molar-refractivity contribution in [1.29, 1.82) is 0 Å². The number of nitrogens with one attached hydrogen (secondary N) is 3. The number of rotatable bonds is 4. The Balaban J connectivity index is 0.000000675. The lowest BCUT2D eigenvalue weighted by Gasteiger charge is -2.20. The minimum Gasteiger partial charge on any atom is -0.475 e. The number of aromatic nitrogens is 2. The van der Waals surface area contributed by atoms with Crippen molar-refractivity contribution in [1.82, 2.24) is 26.4 Å². The monoisotopic (exact) mass is 498 g/mol. The number of hydrogen-bond donors (Lipinski definition) is 5. The minimum absolute atomic E-state index is 0.0222. The van der Waals surface area contributed by atoms with Gasteiger partial charge in [-0.15, -0.1) is 0 Å². The molecule has 2 amide bonds. The van der Waals surface area contributed by atoms with Crippen molar-refractivity contribution in [2.24, 2.45) is 4.99 Å². The van der Waals surface area contributed by atoms with Crippen LogP contribution in [0.4, 0.5) is 28.0 Å². The van der Waals surface area contributed by atoms with Gasteiger partial charge in [0.1, 0.15) is 11.5 Å². The molecule has 0 saturated carbocycles. The number of carbonyl (C=O) groups is 2. The third-order valence-corrected chi connectivity index (χ3v) is 3.47. The Morgan fingerprint density at radius 1 is 1.21 bits per heavy atom. The molecular formula is C17H19ClF4N6O5. The van der Waals surface area contributed by atoms with E-state index < -0.39 is 29.5 Å². The Hall–Kier alpha value is -3.46. The predicted molar refractivity (Wildman–Crippen MR) is 106 cm³/mol. The van der Waals surface area contributed by atoms with Gasteiger partial charge in [0.2, 0.25) is 0 Å². The van der Waals surface area contributed by atoms with E-state index in [0.29, 0.717) is 0 Å². The fourth-order valence-electron chi connectivity index (χ4n) is 1.87. The number of hydroxylamine groups is 1. The number of urea groups is 1. The zero-order valence-electron chi connectivity index (χ0n) is 17.3. The van der Waals surface area contributed by atoms with Gasteiger partial charge in [-0.2, -0.15) is 13.2 Å². The summed E-state index contributed by atoms with van der Waals surface area (Å²) in [6.07, 6.45) is -5.08. The number of nitrogens with zero attached hydrogens (tertiary/aromatic N) is 3. The fourth-order valence-corrected chi connectivity index (χ4v) is 2.04. The number of amidine groups is 1. The van der Waals surface area contributed by atoms with Gasteiger partial charge in [-0.25, -0.2) is 23.6 Å². The molecule has 16 heteroatoms. The predicted octanol–water partition coefficient (Wildman–Crippen LogP) is 3.15. The van der Waals surface area contributed by atoms with Gasteiger partial charge < -0.3 is 15.7 Å². The molecule has 0 unspecified atom stereocenters. The molecule has 1 heterocycles. The van der Waals surface area contributed by atoms with Crippen LogP contribution in [-0.2, 0) is 11.3 Å². The molecule has 5 N–H and O–H groups in total. The molecule has 0 spiro atoms. The van der Waals surface area contributed by atoms with Crippen molar-refractivity contribution in [2.45, 2.75) is 39.0 Å². The van der Waals surface area contributed by atoms with Crippen molar-refractivity contribution in [3.8, 4) is 0 Å². The molecular weight excluding hydrogens is 480 g/mol. The number of carbonyl (C=O) groups excluding carboxylic acids is 1. The summed E-state index contributed by atoms with van der Waals surface area (Å²) in [6, 6.07) is 3.36. The van der Waals surface area contributed by atoms with E-state index in [1.807, 2.05) is 26.3 Å². The first-order valence-corrected chi connectivity index (χ1v) is 9.13. The Morgan fingerprint density at radius 3 is 2.30 bits per heavy atom. The second-order valence-electron chi connectivity index (χ2n) is 7.09. The maximum atomic E-state index is 13.2. The Bertz CT molecular complexity index is 1010. The molecule has 33 heavy (non-hydrogen) atoms. The summed E-state index contributed by atoms with van der Waals surface area (Å²) < 4.78 is 49.6. The summed E-state index contributed by atoms with van der Waals surface area (Å²) in [4.78, 5) is 24.8. The van der Waals surface area contributed by atoms with Crippen molar-refractivity contribution in [3.05, 3.63) is 40.4 Å². The first-order valence-electron chi connectivity index (χ1n) is 8.76. The molecule has 0 radical (unpaired) electrons. The van der Waals surface area contributed by atoms with Gasteiger partial charge >= 0.3 is 18.2 Å². The zero-order valence-corrected chi connectivity index (χ0v) is 18.0. The second kappa shape index (κ2) is 11.4. The maximum Gasteiger partial charge on any atom is 0.490 e. The summed E-state index contributed by atoms with van der Waals surface area (Å²) >= 11 is 5.71. The van der Waals surface area contributed by atoms with E-state index in [1.165, 1.54) is 12.1 Å². The highest BCUT2D eigenvalue weighted by Crippen LogP contribution is 2.22. The number of amides is 2. The van der Waals surface area contributed by atoms with Gasteiger partial charge in [0.15, 0.2) is 11.5 Å². The number of halogens is 5. The molecule has 0 aliphatic rings.